The number of likely N-dealkylation sites (tertiary alicyclic amines) is 1. The number of hydrogen-bond acceptors (Lipinski definition) is 6. The number of aliphatic imine (C=N–C) groups is 1. The molecule has 1 spiro atoms. The van der Waals surface area contributed by atoms with Gasteiger partial charge >= 0.3 is 10.3 Å². The second kappa shape index (κ2) is 10.2. The molecule has 2 aliphatic heterocycles. The Labute approximate surface area is 214 Å². The first-order valence-corrected chi connectivity index (χ1v) is 14.4. The van der Waals surface area contributed by atoms with Crippen molar-refractivity contribution in [3.05, 3.63) is 29.3 Å². The van der Waals surface area contributed by atoms with Crippen molar-refractivity contribution >= 4 is 22.2 Å². The maximum atomic E-state index is 14.0. The number of hydrogen-bond donors (Lipinski definition) is 3. The molecular weight excluding hydrogens is 480 g/mol. The third-order valence-corrected chi connectivity index (χ3v) is 8.88. The smallest absolute Gasteiger partial charge is 0.371 e. The van der Waals surface area contributed by atoms with Crippen molar-refractivity contribution in [1.29, 1.82) is 0 Å². The van der Waals surface area contributed by atoms with E-state index in [0.29, 0.717) is 18.9 Å². The highest BCUT2D eigenvalue weighted by atomic mass is 32.2. The average Bonchev–Trinajstić information content (AvgIpc) is 2.80. The number of nitrogens with zero attached hydrogens (tertiary/aromatic N) is 3. The van der Waals surface area contributed by atoms with Gasteiger partial charge in [-0.2, -0.15) is 13.6 Å². The summed E-state index contributed by atoms with van der Waals surface area (Å²) in [6, 6.07) is 5.62. The molecular formula is C25H40N6O4S. The summed E-state index contributed by atoms with van der Waals surface area (Å²) >= 11 is 0. The number of fused-ring (bicyclic) bond motifs is 2. The van der Waals surface area contributed by atoms with E-state index in [2.05, 4.69) is 23.7 Å². The fourth-order valence-corrected chi connectivity index (χ4v) is 6.85. The van der Waals surface area contributed by atoms with Gasteiger partial charge in [0, 0.05) is 12.6 Å². The van der Waals surface area contributed by atoms with E-state index < -0.39 is 21.9 Å². The molecule has 4 rings (SSSR count). The van der Waals surface area contributed by atoms with E-state index in [1.165, 1.54) is 25.7 Å². The van der Waals surface area contributed by atoms with Gasteiger partial charge in [-0.05, 0) is 93.6 Å². The molecule has 1 atom stereocenters. The Morgan fingerprint density at radius 3 is 2.31 bits per heavy atom. The summed E-state index contributed by atoms with van der Waals surface area (Å²) in [4.78, 5) is 22.5. The van der Waals surface area contributed by atoms with Crippen LogP contribution >= 0.6 is 0 Å². The molecule has 3 aliphatic rings. The van der Waals surface area contributed by atoms with Crippen molar-refractivity contribution in [3.63, 3.8) is 0 Å². The molecule has 2 fully saturated rings. The molecule has 0 aromatic heterocycles. The van der Waals surface area contributed by atoms with Crippen LogP contribution in [0.15, 0.2) is 23.2 Å². The van der Waals surface area contributed by atoms with Gasteiger partial charge in [0.15, 0.2) is 5.96 Å². The Morgan fingerprint density at radius 1 is 1.11 bits per heavy atom. The first-order valence-electron chi connectivity index (χ1n) is 12.9. The van der Waals surface area contributed by atoms with Gasteiger partial charge in [0.1, 0.15) is 11.9 Å². The van der Waals surface area contributed by atoms with Crippen molar-refractivity contribution in [2.45, 2.75) is 83.5 Å². The van der Waals surface area contributed by atoms with Crippen LogP contribution in [0.5, 0.6) is 5.75 Å². The van der Waals surface area contributed by atoms with E-state index in [4.69, 9.17) is 20.8 Å². The SMILES string of the molecule is CC(C)C1CCC(N2CCC3(CC2)C(=O)N(C(C)N=C(N)N)Cc2cc(OS(N)(=O)=O)ccc23)CC1. The Bertz CT molecular complexity index is 1100. The Balaban J connectivity index is 1.60. The summed E-state index contributed by atoms with van der Waals surface area (Å²) in [5.74, 6) is 1.58. The molecule has 1 saturated heterocycles. The minimum Gasteiger partial charge on any atom is -0.371 e. The van der Waals surface area contributed by atoms with Crippen LogP contribution in [0.1, 0.15) is 70.4 Å². The first kappa shape index (κ1) is 26.7. The largest absolute Gasteiger partial charge is 0.380 e. The number of piperidine rings is 1. The van der Waals surface area contributed by atoms with Crippen molar-refractivity contribution in [2.75, 3.05) is 13.1 Å². The van der Waals surface area contributed by atoms with Gasteiger partial charge in [-0.1, -0.05) is 19.9 Å². The lowest BCUT2D eigenvalue weighted by Crippen LogP contribution is -2.58. The van der Waals surface area contributed by atoms with Crippen molar-refractivity contribution in [3.8, 4) is 5.75 Å². The fraction of sp³-hybridized carbons (Fsp3) is 0.680. The van der Waals surface area contributed by atoms with Crippen LogP contribution in [0.25, 0.3) is 0 Å². The molecule has 0 bridgehead atoms. The summed E-state index contributed by atoms with van der Waals surface area (Å²) in [6.07, 6.45) is 5.77. The number of guanidine groups is 1. The molecule has 1 aromatic rings. The maximum Gasteiger partial charge on any atom is 0.380 e. The van der Waals surface area contributed by atoms with Crippen LogP contribution in [-0.4, -0.2) is 55.4 Å². The normalized spacial score (nSPS) is 25.5. The Hall–Kier alpha value is -2.37. The van der Waals surface area contributed by atoms with Gasteiger partial charge in [0.25, 0.3) is 0 Å². The summed E-state index contributed by atoms with van der Waals surface area (Å²) < 4.78 is 27.9. The predicted molar refractivity (Wildman–Crippen MR) is 139 cm³/mol. The Kier molecular flexibility index (Phi) is 7.55. The highest BCUT2D eigenvalue weighted by Crippen LogP contribution is 2.45. The molecule has 1 aromatic carbocycles. The van der Waals surface area contributed by atoms with Crippen LogP contribution in [0, 0.1) is 11.8 Å². The summed E-state index contributed by atoms with van der Waals surface area (Å²) in [5, 5.41) is 5.08. The molecule has 1 unspecified atom stereocenters. The topological polar surface area (TPSA) is 157 Å². The number of benzene rings is 1. The molecule has 1 saturated carbocycles. The van der Waals surface area contributed by atoms with Crippen molar-refractivity contribution in [2.24, 2.45) is 33.4 Å². The average molecular weight is 521 g/mol. The van der Waals surface area contributed by atoms with E-state index in [1.54, 1.807) is 24.0 Å². The van der Waals surface area contributed by atoms with E-state index in [1.807, 2.05) is 6.07 Å². The highest BCUT2D eigenvalue weighted by molar-refractivity contribution is 7.84. The molecule has 1 aliphatic carbocycles. The van der Waals surface area contributed by atoms with Crippen LogP contribution < -0.4 is 20.8 Å². The van der Waals surface area contributed by atoms with Crippen molar-refractivity contribution < 1.29 is 17.4 Å². The van der Waals surface area contributed by atoms with Gasteiger partial charge < -0.3 is 25.5 Å². The number of carbonyl (C=O) groups excluding carboxylic acids is 1. The highest BCUT2D eigenvalue weighted by Gasteiger charge is 2.50. The zero-order valence-corrected chi connectivity index (χ0v) is 22.3. The lowest BCUT2D eigenvalue weighted by atomic mass is 9.67. The summed E-state index contributed by atoms with van der Waals surface area (Å²) in [6.45, 7) is 8.33. The first-order chi connectivity index (χ1) is 16.9. The standard InChI is InChI=1S/C25H40N6O4S/c1-16(2)18-4-6-20(7-5-18)30-12-10-25(11-13-30)22-9-8-21(35-36(28,33)34)14-19(22)15-31(23(25)32)17(3)29-24(26)27/h8-9,14,16-18,20H,4-7,10-13,15H2,1-3H3,(H4,26,27,29)(H2,28,33,34). The zero-order valence-electron chi connectivity index (χ0n) is 21.5. The maximum absolute atomic E-state index is 14.0. The second-order valence-electron chi connectivity index (χ2n) is 10.9. The zero-order chi connectivity index (χ0) is 26.3. The summed E-state index contributed by atoms with van der Waals surface area (Å²) in [7, 11) is -4.16. The number of nitrogens with two attached hydrogens (primary N) is 3. The predicted octanol–water partition coefficient (Wildman–Crippen LogP) is 1.78. The second-order valence-corrected chi connectivity index (χ2v) is 12.1. The Morgan fingerprint density at radius 2 is 1.75 bits per heavy atom. The van der Waals surface area contributed by atoms with E-state index >= 15 is 0 Å². The van der Waals surface area contributed by atoms with E-state index in [0.717, 1.165) is 36.1 Å². The van der Waals surface area contributed by atoms with Crippen LogP contribution in [0.2, 0.25) is 0 Å². The lowest BCUT2D eigenvalue weighted by molar-refractivity contribution is -0.144. The molecule has 1 amide bonds. The van der Waals surface area contributed by atoms with Gasteiger partial charge in [-0.3, -0.25) is 4.79 Å². The summed E-state index contributed by atoms with van der Waals surface area (Å²) in [5.41, 5.74) is 12.3. The quantitative estimate of drug-likeness (QED) is 0.381. The van der Waals surface area contributed by atoms with Crippen LogP contribution in [0.4, 0.5) is 0 Å². The molecule has 36 heavy (non-hydrogen) atoms. The molecule has 0 radical (unpaired) electrons. The molecule has 6 N–H and O–H groups in total. The van der Waals surface area contributed by atoms with Gasteiger partial charge in [-0.15, -0.1) is 0 Å². The molecule has 10 nitrogen and oxygen atoms in total. The van der Waals surface area contributed by atoms with Gasteiger partial charge in [-0.25, -0.2) is 4.99 Å². The number of carbonyl (C=O) groups is 1. The van der Waals surface area contributed by atoms with E-state index in [9.17, 15) is 13.2 Å². The molecule has 200 valence electrons. The van der Waals surface area contributed by atoms with E-state index in [-0.39, 0.29) is 24.2 Å². The number of rotatable bonds is 6. The minimum absolute atomic E-state index is 0.00998. The third-order valence-electron chi connectivity index (χ3n) is 8.45. The molecule has 11 heteroatoms. The molecule has 2 heterocycles. The van der Waals surface area contributed by atoms with Crippen molar-refractivity contribution in [1.82, 2.24) is 9.80 Å². The monoisotopic (exact) mass is 520 g/mol. The lowest BCUT2D eigenvalue weighted by Gasteiger charge is -2.50. The minimum atomic E-state index is -4.16. The third kappa shape index (κ3) is 5.47. The fourth-order valence-electron chi connectivity index (χ4n) is 6.47. The van der Waals surface area contributed by atoms with Gasteiger partial charge in [0.2, 0.25) is 5.91 Å². The van der Waals surface area contributed by atoms with Crippen LogP contribution in [0.3, 0.4) is 0 Å². The van der Waals surface area contributed by atoms with Crippen LogP contribution in [-0.2, 0) is 27.1 Å². The number of amides is 1. The van der Waals surface area contributed by atoms with Gasteiger partial charge in [0.05, 0.1) is 5.41 Å².